The number of aryl methyl sites for hydroxylation is 1. The number of nitrogens with zero attached hydrogens (tertiary/aromatic N) is 1. The molecule has 2 aromatic carbocycles. The Labute approximate surface area is 213 Å². The molecule has 2 aromatic heterocycles. The Kier molecular flexibility index (Phi) is 6.88. The summed E-state index contributed by atoms with van der Waals surface area (Å²) in [6.45, 7) is 5.46. The largest absolute Gasteiger partial charge is 0.455 e. The molecule has 36 heavy (non-hydrogen) atoms. The lowest BCUT2D eigenvalue weighted by molar-refractivity contribution is 0.0977. The molecule has 0 fully saturated rings. The van der Waals surface area contributed by atoms with E-state index >= 15 is 0 Å². The average molecular weight is 526 g/mol. The Bertz CT molecular complexity index is 1650. The van der Waals surface area contributed by atoms with E-state index in [2.05, 4.69) is 10.3 Å². The van der Waals surface area contributed by atoms with Crippen molar-refractivity contribution in [2.45, 2.75) is 26.8 Å². The predicted octanol–water partition coefficient (Wildman–Crippen LogP) is 4.99. The fourth-order valence-corrected chi connectivity index (χ4v) is 4.59. The molecule has 0 aliphatic carbocycles. The predicted molar refractivity (Wildman–Crippen MR) is 141 cm³/mol. The van der Waals surface area contributed by atoms with Crippen molar-refractivity contribution >= 4 is 44.2 Å². The summed E-state index contributed by atoms with van der Waals surface area (Å²) in [5.74, 6) is -0.441. The highest BCUT2D eigenvalue weighted by molar-refractivity contribution is 7.89. The van der Waals surface area contributed by atoms with Gasteiger partial charge in [0.1, 0.15) is 16.5 Å². The number of carbonyl (C=O) groups excluding carboxylic acids is 1. The number of pyridine rings is 1. The Morgan fingerprint density at radius 1 is 1.08 bits per heavy atom. The molecule has 0 spiro atoms. The normalized spacial score (nSPS) is 12.4. The molecule has 1 atom stereocenters. The molecule has 8 nitrogen and oxygen atoms in total. The Hall–Kier alpha value is -3.69. The van der Waals surface area contributed by atoms with Crippen LogP contribution >= 0.6 is 11.6 Å². The SMILES string of the molecule is Cc1cc([C@@H](C)Nc2ccc(Cl)nc2C(=O)NS(C)(=O)=O)c2oc(-c3ccccc3)c(C)c(=O)c2c1. The first-order chi connectivity index (χ1) is 16.9. The number of anilines is 1. The van der Waals surface area contributed by atoms with Crippen LogP contribution in [0.2, 0.25) is 5.15 Å². The maximum atomic E-state index is 13.3. The summed E-state index contributed by atoms with van der Waals surface area (Å²) < 4.78 is 31.4. The molecule has 0 aliphatic rings. The molecule has 0 bridgehead atoms. The zero-order valence-electron chi connectivity index (χ0n) is 20.0. The van der Waals surface area contributed by atoms with Crippen LogP contribution in [0.1, 0.15) is 40.1 Å². The fraction of sp³-hybridized carbons (Fsp3) is 0.192. The second-order valence-corrected chi connectivity index (χ2v) is 10.7. The van der Waals surface area contributed by atoms with Gasteiger partial charge in [-0.1, -0.05) is 48.0 Å². The van der Waals surface area contributed by atoms with Crippen molar-refractivity contribution < 1.29 is 17.6 Å². The molecule has 0 aliphatic heterocycles. The quantitative estimate of drug-likeness (QED) is 0.340. The van der Waals surface area contributed by atoms with Gasteiger partial charge in [0.25, 0.3) is 5.91 Å². The van der Waals surface area contributed by atoms with Crippen LogP contribution in [0.15, 0.2) is 63.8 Å². The van der Waals surface area contributed by atoms with Crippen molar-refractivity contribution in [3.63, 3.8) is 0 Å². The molecule has 2 heterocycles. The van der Waals surface area contributed by atoms with Crippen LogP contribution in [0.4, 0.5) is 5.69 Å². The average Bonchev–Trinajstić information content (AvgIpc) is 2.81. The third-order valence-corrected chi connectivity index (χ3v) is 6.39. The van der Waals surface area contributed by atoms with Gasteiger partial charge in [-0.05, 0) is 44.5 Å². The Balaban J connectivity index is 1.83. The number of sulfonamides is 1. The summed E-state index contributed by atoms with van der Waals surface area (Å²) in [6.07, 6.45) is 0.873. The van der Waals surface area contributed by atoms with E-state index in [9.17, 15) is 18.0 Å². The van der Waals surface area contributed by atoms with Crippen molar-refractivity contribution in [1.29, 1.82) is 0 Å². The number of amides is 1. The lowest BCUT2D eigenvalue weighted by Crippen LogP contribution is -2.31. The van der Waals surface area contributed by atoms with E-state index in [0.29, 0.717) is 27.9 Å². The number of nitrogens with one attached hydrogen (secondary N) is 2. The Morgan fingerprint density at radius 3 is 2.44 bits per heavy atom. The van der Waals surface area contributed by atoms with E-state index in [1.165, 1.54) is 12.1 Å². The molecule has 0 unspecified atom stereocenters. The maximum Gasteiger partial charge on any atom is 0.285 e. The van der Waals surface area contributed by atoms with Crippen molar-refractivity contribution in [2.75, 3.05) is 11.6 Å². The van der Waals surface area contributed by atoms with E-state index in [0.717, 1.165) is 17.4 Å². The number of hydrogen-bond donors (Lipinski definition) is 2. The van der Waals surface area contributed by atoms with Crippen molar-refractivity contribution in [3.05, 3.63) is 92.4 Å². The first-order valence-corrected chi connectivity index (χ1v) is 13.3. The molecule has 0 radical (unpaired) electrons. The lowest BCUT2D eigenvalue weighted by atomic mass is 9.98. The minimum atomic E-state index is -3.82. The van der Waals surface area contributed by atoms with Crippen molar-refractivity contribution in [2.24, 2.45) is 0 Å². The zero-order chi connectivity index (χ0) is 26.2. The molecule has 4 aromatic rings. The molecule has 10 heteroatoms. The topological polar surface area (TPSA) is 118 Å². The van der Waals surface area contributed by atoms with Gasteiger partial charge in [-0.15, -0.1) is 0 Å². The second kappa shape index (κ2) is 9.75. The molecule has 1 amide bonds. The number of carbonyl (C=O) groups is 1. The maximum absolute atomic E-state index is 13.3. The van der Waals surface area contributed by atoms with Crippen molar-refractivity contribution in [1.82, 2.24) is 9.71 Å². The lowest BCUT2D eigenvalue weighted by Gasteiger charge is -2.20. The van der Waals surface area contributed by atoms with Crippen molar-refractivity contribution in [3.8, 4) is 11.3 Å². The van der Waals surface area contributed by atoms with Gasteiger partial charge in [-0.25, -0.2) is 18.1 Å². The first-order valence-electron chi connectivity index (χ1n) is 11.0. The van der Waals surface area contributed by atoms with E-state index in [4.69, 9.17) is 16.0 Å². The van der Waals surface area contributed by atoms with Gasteiger partial charge in [0.15, 0.2) is 11.1 Å². The molecule has 0 saturated carbocycles. The minimum Gasteiger partial charge on any atom is -0.455 e. The summed E-state index contributed by atoms with van der Waals surface area (Å²) in [5.41, 5.74) is 3.20. The van der Waals surface area contributed by atoms with E-state index in [-0.39, 0.29) is 22.0 Å². The van der Waals surface area contributed by atoms with Gasteiger partial charge in [-0.2, -0.15) is 0 Å². The highest BCUT2D eigenvalue weighted by Gasteiger charge is 2.22. The van der Waals surface area contributed by atoms with Gasteiger partial charge >= 0.3 is 0 Å². The standard InChI is InChI=1S/C26H24ClN3O5S/c1-14-12-18(16(3)28-20-10-11-21(27)29-22(20)26(32)30-36(4,33)34)25-19(13-14)23(31)15(2)24(35-25)17-8-6-5-7-9-17/h5-13,16,28H,1-4H3,(H,30,32)/t16-/m1/s1. The highest BCUT2D eigenvalue weighted by Crippen LogP contribution is 2.32. The minimum absolute atomic E-state index is 0.0295. The molecule has 4 rings (SSSR count). The van der Waals surface area contributed by atoms with Crippen LogP contribution in [-0.4, -0.2) is 25.6 Å². The number of fused-ring (bicyclic) bond motifs is 1. The molecule has 186 valence electrons. The number of halogens is 1. The molecular weight excluding hydrogens is 502 g/mol. The zero-order valence-corrected chi connectivity index (χ0v) is 21.6. The van der Waals surface area contributed by atoms with Gasteiger partial charge in [0.05, 0.1) is 23.4 Å². The summed E-state index contributed by atoms with van der Waals surface area (Å²) >= 11 is 5.97. The third-order valence-electron chi connectivity index (χ3n) is 5.62. The third kappa shape index (κ3) is 5.27. The number of benzene rings is 2. The summed E-state index contributed by atoms with van der Waals surface area (Å²) in [4.78, 5) is 29.9. The summed E-state index contributed by atoms with van der Waals surface area (Å²) in [7, 11) is -3.82. The number of rotatable bonds is 6. The molecular formula is C26H24ClN3O5S. The fourth-order valence-electron chi connectivity index (χ4n) is 4.01. The van der Waals surface area contributed by atoms with Gasteiger partial charge in [-0.3, -0.25) is 9.59 Å². The van der Waals surface area contributed by atoms with E-state index in [1.54, 1.807) is 13.0 Å². The highest BCUT2D eigenvalue weighted by atomic mass is 35.5. The smallest absolute Gasteiger partial charge is 0.285 e. The van der Waals surface area contributed by atoms with Crippen LogP contribution in [0.5, 0.6) is 0 Å². The van der Waals surface area contributed by atoms with Crippen LogP contribution in [0.3, 0.4) is 0 Å². The molecule has 0 saturated heterocycles. The number of aromatic nitrogens is 1. The first kappa shape index (κ1) is 25.4. The van der Waals surface area contributed by atoms with E-state index < -0.39 is 22.0 Å². The summed E-state index contributed by atoms with van der Waals surface area (Å²) in [5, 5.41) is 3.67. The second-order valence-electron chi connectivity index (χ2n) is 8.58. The van der Waals surface area contributed by atoms with Crippen LogP contribution in [0, 0.1) is 13.8 Å². The Morgan fingerprint density at radius 2 is 1.78 bits per heavy atom. The monoisotopic (exact) mass is 525 g/mol. The van der Waals surface area contributed by atoms with Gasteiger partial charge < -0.3 is 9.73 Å². The van der Waals surface area contributed by atoms with Crippen LogP contribution < -0.4 is 15.5 Å². The van der Waals surface area contributed by atoms with Crippen LogP contribution in [-0.2, 0) is 10.0 Å². The number of hydrogen-bond acceptors (Lipinski definition) is 7. The van der Waals surface area contributed by atoms with E-state index in [1.807, 2.05) is 55.0 Å². The summed E-state index contributed by atoms with van der Waals surface area (Å²) in [6, 6.07) is 15.6. The molecule has 2 N–H and O–H groups in total. The van der Waals surface area contributed by atoms with Gasteiger partial charge in [0.2, 0.25) is 10.0 Å². The van der Waals surface area contributed by atoms with Crippen LogP contribution in [0.25, 0.3) is 22.3 Å². The van der Waals surface area contributed by atoms with Gasteiger partial charge in [0, 0.05) is 16.7 Å².